The van der Waals surface area contributed by atoms with E-state index >= 15 is 0 Å². The van der Waals surface area contributed by atoms with Gasteiger partial charge in [0.1, 0.15) is 18.1 Å². The van der Waals surface area contributed by atoms with Crippen molar-refractivity contribution in [2.75, 3.05) is 33.9 Å². The first-order valence-corrected chi connectivity index (χ1v) is 13.2. The number of rotatable bonds is 14. The Kier molecular flexibility index (Phi) is 10.8. The Morgan fingerprint density at radius 1 is 0.842 bits per heavy atom. The van der Waals surface area contributed by atoms with Crippen molar-refractivity contribution in [2.45, 2.75) is 53.0 Å². The zero-order chi connectivity index (χ0) is 27.5. The van der Waals surface area contributed by atoms with Crippen LogP contribution in [0.3, 0.4) is 0 Å². The van der Waals surface area contributed by atoms with E-state index in [9.17, 15) is 9.59 Å². The van der Waals surface area contributed by atoms with Crippen LogP contribution in [0.1, 0.15) is 59.2 Å². The molecule has 0 aliphatic heterocycles. The lowest BCUT2D eigenvalue weighted by Gasteiger charge is -2.27. The highest BCUT2D eigenvalue weighted by molar-refractivity contribution is 5.96. The standard InChI is InChI=1S/C31H40N2O5/c1-6-7-8-18-33(31(35)26-13-9-23(2)10-14-26)22-30(34)32(21-27-15-11-24(3)38-27)19-17-25-12-16-28(36-4)29(20-25)37-5/h9-16,20H,6-8,17-19,21-22H2,1-5H3. The summed E-state index contributed by atoms with van der Waals surface area (Å²) in [4.78, 5) is 30.5. The van der Waals surface area contributed by atoms with Gasteiger partial charge in [-0.25, -0.2) is 0 Å². The average molecular weight is 521 g/mol. The van der Waals surface area contributed by atoms with Gasteiger partial charge in [0, 0.05) is 18.7 Å². The molecular formula is C31H40N2O5. The Morgan fingerprint density at radius 2 is 1.58 bits per heavy atom. The normalized spacial score (nSPS) is 10.8. The molecule has 0 spiro atoms. The summed E-state index contributed by atoms with van der Waals surface area (Å²) in [6, 6.07) is 17.1. The molecule has 0 saturated heterocycles. The average Bonchev–Trinajstić information content (AvgIpc) is 3.34. The highest BCUT2D eigenvalue weighted by Gasteiger charge is 2.23. The van der Waals surface area contributed by atoms with E-state index in [2.05, 4.69) is 6.92 Å². The molecule has 0 radical (unpaired) electrons. The molecule has 1 aromatic heterocycles. The first-order chi connectivity index (χ1) is 18.3. The largest absolute Gasteiger partial charge is 0.493 e. The summed E-state index contributed by atoms with van der Waals surface area (Å²) < 4.78 is 16.6. The van der Waals surface area contributed by atoms with Crippen LogP contribution in [0.2, 0.25) is 0 Å². The third-order valence-corrected chi connectivity index (χ3v) is 6.56. The second kappa shape index (κ2) is 14.3. The van der Waals surface area contributed by atoms with Crippen molar-refractivity contribution in [2.24, 2.45) is 0 Å². The number of amides is 2. The Morgan fingerprint density at radius 3 is 2.21 bits per heavy atom. The van der Waals surface area contributed by atoms with Gasteiger partial charge in [-0.05, 0) is 68.7 Å². The fourth-order valence-electron chi connectivity index (χ4n) is 4.30. The maximum atomic E-state index is 13.7. The van der Waals surface area contributed by atoms with Gasteiger partial charge in [-0.2, -0.15) is 0 Å². The first kappa shape index (κ1) is 28.8. The predicted molar refractivity (Wildman–Crippen MR) is 149 cm³/mol. The van der Waals surface area contributed by atoms with Crippen molar-refractivity contribution >= 4 is 11.8 Å². The van der Waals surface area contributed by atoms with Crippen molar-refractivity contribution in [1.29, 1.82) is 0 Å². The minimum absolute atomic E-state index is 0.0159. The summed E-state index contributed by atoms with van der Waals surface area (Å²) in [7, 11) is 3.21. The molecular weight excluding hydrogens is 480 g/mol. The molecule has 7 heteroatoms. The molecule has 0 saturated carbocycles. The van der Waals surface area contributed by atoms with Gasteiger partial charge >= 0.3 is 0 Å². The fourth-order valence-corrected chi connectivity index (χ4v) is 4.30. The number of carbonyl (C=O) groups is 2. The van der Waals surface area contributed by atoms with E-state index in [0.29, 0.717) is 48.9 Å². The number of carbonyl (C=O) groups excluding carboxylic acids is 2. The van der Waals surface area contributed by atoms with Gasteiger partial charge < -0.3 is 23.7 Å². The number of nitrogens with zero attached hydrogens (tertiary/aromatic N) is 2. The highest BCUT2D eigenvalue weighted by Crippen LogP contribution is 2.28. The van der Waals surface area contributed by atoms with Gasteiger partial charge in [-0.1, -0.05) is 43.5 Å². The third kappa shape index (κ3) is 8.13. The monoisotopic (exact) mass is 520 g/mol. The molecule has 2 amide bonds. The lowest BCUT2D eigenvalue weighted by atomic mass is 10.1. The Hall–Kier alpha value is -3.74. The molecule has 0 atom stereocenters. The maximum Gasteiger partial charge on any atom is 0.254 e. The lowest BCUT2D eigenvalue weighted by Crippen LogP contribution is -2.43. The fraction of sp³-hybridized carbons (Fsp3) is 0.419. The predicted octanol–water partition coefficient (Wildman–Crippen LogP) is 5.82. The van der Waals surface area contributed by atoms with Gasteiger partial charge in [-0.15, -0.1) is 0 Å². The van der Waals surface area contributed by atoms with E-state index in [4.69, 9.17) is 13.9 Å². The van der Waals surface area contributed by atoms with Gasteiger partial charge in [-0.3, -0.25) is 9.59 Å². The molecule has 38 heavy (non-hydrogen) atoms. The highest BCUT2D eigenvalue weighted by atomic mass is 16.5. The van der Waals surface area contributed by atoms with Crippen molar-refractivity contribution in [3.63, 3.8) is 0 Å². The van der Waals surface area contributed by atoms with E-state index in [0.717, 1.165) is 36.1 Å². The topological polar surface area (TPSA) is 72.2 Å². The van der Waals surface area contributed by atoms with E-state index in [1.54, 1.807) is 24.0 Å². The molecule has 3 rings (SSSR count). The van der Waals surface area contributed by atoms with Crippen LogP contribution in [0.15, 0.2) is 59.0 Å². The molecule has 0 bridgehead atoms. The van der Waals surface area contributed by atoms with Crippen LogP contribution in [0.4, 0.5) is 0 Å². The SMILES string of the molecule is CCCCCN(CC(=O)N(CCc1ccc(OC)c(OC)c1)Cc1ccc(C)o1)C(=O)c1ccc(C)cc1. The van der Waals surface area contributed by atoms with E-state index in [1.165, 1.54) is 0 Å². The van der Waals surface area contributed by atoms with Crippen molar-refractivity contribution < 1.29 is 23.5 Å². The number of furan rings is 1. The number of hydrogen-bond donors (Lipinski definition) is 0. The Balaban J connectivity index is 1.79. The van der Waals surface area contributed by atoms with E-state index in [1.807, 2.05) is 68.4 Å². The van der Waals surface area contributed by atoms with E-state index in [-0.39, 0.29) is 18.4 Å². The van der Waals surface area contributed by atoms with Crippen LogP contribution < -0.4 is 9.47 Å². The first-order valence-electron chi connectivity index (χ1n) is 13.2. The molecule has 1 heterocycles. The van der Waals surface area contributed by atoms with Crippen molar-refractivity contribution in [1.82, 2.24) is 9.80 Å². The summed E-state index contributed by atoms with van der Waals surface area (Å²) in [5.74, 6) is 2.58. The van der Waals surface area contributed by atoms with Crippen molar-refractivity contribution in [3.05, 3.63) is 82.8 Å². The molecule has 0 fully saturated rings. The molecule has 3 aromatic rings. The molecule has 2 aromatic carbocycles. The summed E-state index contributed by atoms with van der Waals surface area (Å²) >= 11 is 0. The second-order valence-electron chi connectivity index (χ2n) is 9.57. The summed E-state index contributed by atoms with van der Waals surface area (Å²) in [6.45, 7) is 7.35. The number of aryl methyl sites for hydroxylation is 2. The minimum Gasteiger partial charge on any atom is -0.493 e. The zero-order valence-corrected chi connectivity index (χ0v) is 23.3. The van der Waals surface area contributed by atoms with Crippen LogP contribution in [-0.4, -0.2) is 55.5 Å². The van der Waals surface area contributed by atoms with Gasteiger partial charge in [0.25, 0.3) is 5.91 Å². The summed E-state index contributed by atoms with van der Waals surface area (Å²) in [5, 5.41) is 0. The molecule has 0 aliphatic rings. The van der Waals surface area contributed by atoms with Crippen LogP contribution >= 0.6 is 0 Å². The van der Waals surface area contributed by atoms with Crippen LogP contribution in [0.25, 0.3) is 0 Å². The molecule has 204 valence electrons. The number of unbranched alkanes of at least 4 members (excludes halogenated alkanes) is 2. The molecule has 0 N–H and O–H groups in total. The maximum absolute atomic E-state index is 13.7. The zero-order valence-electron chi connectivity index (χ0n) is 23.3. The number of methoxy groups -OCH3 is 2. The third-order valence-electron chi connectivity index (χ3n) is 6.56. The number of benzene rings is 2. The van der Waals surface area contributed by atoms with Crippen LogP contribution in [0.5, 0.6) is 11.5 Å². The van der Waals surface area contributed by atoms with Gasteiger partial charge in [0.2, 0.25) is 5.91 Å². The van der Waals surface area contributed by atoms with Crippen LogP contribution in [0, 0.1) is 13.8 Å². The van der Waals surface area contributed by atoms with Crippen molar-refractivity contribution in [3.8, 4) is 11.5 Å². The van der Waals surface area contributed by atoms with Gasteiger partial charge in [0.05, 0.1) is 20.8 Å². The quantitative estimate of drug-likeness (QED) is 0.251. The van der Waals surface area contributed by atoms with Gasteiger partial charge in [0.15, 0.2) is 11.5 Å². The minimum atomic E-state index is -0.122. The van der Waals surface area contributed by atoms with E-state index < -0.39 is 0 Å². The summed E-state index contributed by atoms with van der Waals surface area (Å²) in [6.07, 6.45) is 3.51. The Labute approximate surface area is 226 Å². The lowest BCUT2D eigenvalue weighted by molar-refractivity contribution is -0.132. The second-order valence-corrected chi connectivity index (χ2v) is 9.57. The molecule has 7 nitrogen and oxygen atoms in total. The number of ether oxygens (including phenoxy) is 2. The molecule has 0 unspecified atom stereocenters. The molecule has 0 aliphatic carbocycles. The smallest absolute Gasteiger partial charge is 0.254 e. The Bertz CT molecular complexity index is 1190. The number of hydrogen-bond acceptors (Lipinski definition) is 5. The summed E-state index contributed by atoms with van der Waals surface area (Å²) in [5.41, 5.74) is 2.70. The van der Waals surface area contributed by atoms with Crippen LogP contribution in [-0.2, 0) is 17.8 Å².